The second-order valence-corrected chi connectivity index (χ2v) is 3.66. The van der Waals surface area contributed by atoms with Crippen molar-refractivity contribution in [3.05, 3.63) is 17.0 Å². The predicted molar refractivity (Wildman–Crippen MR) is 57.0 cm³/mol. The molecule has 0 aliphatic heterocycles. The topological polar surface area (TPSA) is 52.0 Å². The Morgan fingerprint density at radius 2 is 1.93 bits per heavy atom. The molecule has 0 saturated carbocycles. The van der Waals surface area contributed by atoms with Crippen molar-refractivity contribution in [3.8, 4) is 0 Å². The standard InChI is InChI=1S/C11H16N2O2/c1-5-13-9(4)11(8(3)12-13)10(15)6-7(2)14/h5-6H2,1-4H3. The summed E-state index contributed by atoms with van der Waals surface area (Å²) in [4.78, 5) is 22.6. The van der Waals surface area contributed by atoms with E-state index in [9.17, 15) is 9.59 Å². The Morgan fingerprint density at radius 1 is 1.33 bits per heavy atom. The Bertz CT molecular complexity index is 405. The van der Waals surface area contributed by atoms with Gasteiger partial charge in [-0.2, -0.15) is 5.10 Å². The molecule has 15 heavy (non-hydrogen) atoms. The van der Waals surface area contributed by atoms with Crippen LogP contribution in [-0.4, -0.2) is 21.3 Å². The van der Waals surface area contributed by atoms with Crippen LogP contribution in [0.5, 0.6) is 0 Å². The van der Waals surface area contributed by atoms with Gasteiger partial charge in [0.1, 0.15) is 5.78 Å². The van der Waals surface area contributed by atoms with Crippen LogP contribution < -0.4 is 0 Å². The summed E-state index contributed by atoms with van der Waals surface area (Å²) in [6.07, 6.45) is -0.0307. The smallest absolute Gasteiger partial charge is 0.173 e. The molecule has 0 radical (unpaired) electrons. The van der Waals surface area contributed by atoms with E-state index in [1.165, 1.54) is 6.92 Å². The Kier molecular flexibility index (Phi) is 3.39. The van der Waals surface area contributed by atoms with Crippen molar-refractivity contribution < 1.29 is 9.59 Å². The van der Waals surface area contributed by atoms with Gasteiger partial charge in [-0.3, -0.25) is 14.3 Å². The molecule has 1 aromatic rings. The molecule has 0 fully saturated rings. The number of carbonyl (C=O) groups excluding carboxylic acids is 2. The highest BCUT2D eigenvalue weighted by molar-refractivity contribution is 6.08. The van der Waals surface area contributed by atoms with Crippen molar-refractivity contribution in [2.45, 2.75) is 40.7 Å². The number of aryl methyl sites for hydroxylation is 2. The molecule has 0 spiro atoms. The molecule has 4 heteroatoms. The minimum absolute atomic E-state index is 0.0307. The number of rotatable bonds is 4. The highest BCUT2D eigenvalue weighted by atomic mass is 16.1. The van der Waals surface area contributed by atoms with E-state index in [0.717, 1.165) is 12.2 Å². The van der Waals surface area contributed by atoms with Crippen molar-refractivity contribution in [3.63, 3.8) is 0 Å². The molecule has 82 valence electrons. The van der Waals surface area contributed by atoms with E-state index in [1.807, 2.05) is 13.8 Å². The summed E-state index contributed by atoms with van der Waals surface area (Å²) in [5.74, 6) is -0.236. The molecule has 0 N–H and O–H groups in total. The number of carbonyl (C=O) groups is 2. The van der Waals surface area contributed by atoms with Crippen LogP contribution >= 0.6 is 0 Å². The number of Topliss-reactive ketones (excluding diaryl/α,β-unsaturated/α-hetero) is 2. The average molecular weight is 208 g/mol. The molecule has 0 amide bonds. The van der Waals surface area contributed by atoms with Gasteiger partial charge in [-0.05, 0) is 27.7 Å². The number of nitrogens with zero attached hydrogens (tertiary/aromatic N) is 2. The van der Waals surface area contributed by atoms with Gasteiger partial charge in [0, 0.05) is 12.2 Å². The Morgan fingerprint density at radius 3 is 2.33 bits per heavy atom. The second-order valence-electron chi connectivity index (χ2n) is 3.66. The molecule has 0 aliphatic rings. The van der Waals surface area contributed by atoms with E-state index in [2.05, 4.69) is 5.10 Å². The van der Waals surface area contributed by atoms with Crippen LogP contribution in [0.1, 0.15) is 42.0 Å². The van der Waals surface area contributed by atoms with Crippen molar-refractivity contribution >= 4 is 11.6 Å². The van der Waals surface area contributed by atoms with E-state index in [0.29, 0.717) is 11.3 Å². The fourth-order valence-corrected chi connectivity index (χ4v) is 1.72. The SMILES string of the molecule is CCn1nc(C)c(C(=O)CC(C)=O)c1C. The summed E-state index contributed by atoms with van der Waals surface area (Å²) in [6, 6.07) is 0. The summed E-state index contributed by atoms with van der Waals surface area (Å²) in [6.45, 7) is 7.79. The number of ketones is 2. The van der Waals surface area contributed by atoms with E-state index in [-0.39, 0.29) is 18.0 Å². The van der Waals surface area contributed by atoms with Crippen LogP contribution in [-0.2, 0) is 11.3 Å². The number of hydrogen-bond donors (Lipinski definition) is 0. The lowest BCUT2D eigenvalue weighted by atomic mass is 10.0. The third-order valence-corrected chi connectivity index (χ3v) is 2.37. The molecule has 0 bridgehead atoms. The highest BCUT2D eigenvalue weighted by Crippen LogP contribution is 2.15. The molecule has 0 atom stereocenters. The normalized spacial score (nSPS) is 10.4. The lowest BCUT2D eigenvalue weighted by Crippen LogP contribution is -2.07. The first kappa shape index (κ1) is 11.6. The van der Waals surface area contributed by atoms with Crippen LogP contribution in [0.25, 0.3) is 0 Å². The quantitative estimate of drug-likeness (QED) is 0.558. The van der Waals surface area contributed by atoms with Crippen molar-refractivity contribution in [2.24, 2.45) is 0 Å². The maximum Gasteiger partial charge on any atom is 0.173 e. The zero-order chi connectivity index (χ0) is 11.6. The molecule has 1 rings (SSSR count). The second kappa shape index (κ2) is 4.38. The highest BCUT2D eigenvalue weighted by Gasteiger charge is 2.18. The zero-order valence-corrected chi connectivity index (χ0v) is 9.63. The summed E-state index contributed by atoms with van der Waals surface area (Å²) in [7, 11) is 0. The van der Waals surface area contributed by atoms with Gasteiger partial charge in [0.15, 0.2) is 5.78 Å². The predicted octanol–water partition coefficient (Wildman–Crippen LogP) is 1.68. The zero-order valence-electron chi connectivity index (χ0n) is 9.63. The maximum absolute atomic E-state index is 11.8. The first-order valence-corrected chi connectivity index (χ1v) is 5.04. The fraction of sp³-hybridized carbons (Fsp3) is 0.545. The van der Waals surface area contributed by atoms with Crippen molar-refractivity contribution in [2.75, 3.05) is 0 Å². The largest absolute Gasteiger partial charge is 0.300 e. The molecule has 1 heterocycles. The molecule has 4 nitrogen and oxygen atoms in total. The van der Waals surface area contributed by atoms with Crippen LogP contribution in [0.3, 0.4) is 0 Å². The third-order valence-electron chi connectivity index (χ3n) is 2.37. The monoisotopic (exact) mass is 208 g/mol. The van der Waals surface area contributed by atoms with Crippen molar-refractivity contribution in [1.82, 2.24) is 9.78 Å². The lowest BCUT2D eigenvalue weighted by molar-refractivity contribution is -0.116. The van der Waals surface area contributed by atoms with Gasteiger partial charge < -0.3 is 0 Å². The maximum atomic E-state index is 11.8. The summed E-state index contributed by atoms with van der Waals surface area (Å²) in [5.41, 5.74) is 2.16. The Hall–Kier alpha value is -1.45. The van der Waals surface area contributed by atoms with E-state index in [1.54, 1.807) is 11.6 Å². The van der Waals surface area contributed by atoms with Crippen molar-refractivity contribution in [1.29, 1.82) is 0 Å². The van der Waals surface area contributed by atoms with E-state index < -0.39 is 0 Å². The van der Waals surface area contributed by atoms with Crippen LogP contribution in [0.2, 0.25) is 0 Å². The molecule has 0 aromatic carbocycles. The number of hydrogen-bond acceptors (Lipinski definition) is 3. The summed E-state index contributed by atoms with van der Waals surface area (Å²) in [5, 5.41) is 4.24. The van der Waals surface area contributed by atoms with E-state index >= 15 is 0 Å². The molecule has 1 aromatic heterocycles. The molecule has 0 unspecified atom stereocenters. The third kappa shape index (κ3) is 2.32. The number of aromatic nitrogens is 2. The Balaban J connectivity index is 3.08. The fourth-order valence-electron chi connectivity index (χ4n) is 1.72. The molecule has 0 aliphatic carbocycles. The van der Waals surface area contributed by atoms with Gasteiger partial charge >= 0.3 is 0 Å². The first-order valence-electron chi connectivity index (χ1n) is 5.04. The van der Waals surface area contributed by atoms with Gasteiger partial charge in [0.05, 0.1) is 17.7 Å². The van der Waals surface area contributed by atoms with Gasteiger partial charge in [-0.1, -0.05) is 0 Å². The van der Waals surface area contributed by atoms with E-state index in [4.69, 9.17) is 0 Å². The van der Waals surface area contributed by atoms with Gasteiger partial charge in [-0.25, -0.2) is 0 Å². The molecular formula is C11H16N2O2. The van der Waals surface area contributed by atoms with Crippen LogP contribution in [0.15, 0.2) is 0 Å². The lowest BCUT2D eigenvalue weighted by Gasteiger charge is -2.00. The van der Waals surface area contributed by atoms with Crippen LogP contribution in [0.4, 0.5) is 0 Å². The molecule has 0 saturated heterocycles. The van der Waals surface area contributed by atoms with Gasteiger partial charge in [-0.15, -0.1) is 0 Å². The Labute approximate surface area is 89.3 Å². The minimum atomic E-state index is -0.128. The first-order chi connectivity index (χ1) is 6.97. The summed E-state index contributed by atoms with van der Waals surface area (Å²) < 4.78 is 1.78. The summed E-state index contributed by atoms with van der Waals surface area (Å²) >= 11 is 0. The van der Waals surface area contributed by atoms with Crippen LogP contribution in [0, 0.1) is 13.8 Å². The van der Waals surface area contributed by atoms with Gasteiger partial charge in [0.2, 0.25) is 0 Å². The minimum Gasteiger partial charge on any atom is -0.300 e. The average Bonchev–Trinajstić information content (AvgIpc) is 2.40. The molecular weight excluding hydrogens is 192 g/mol. The van der Waals surface area contributed by atoms with Gasteiger partial charge in [0.25, 0.3) is 0 Å².